The molecular formula is C9H15F3O3S. The lowest BCUT2D eigenvalue weighted by Crippen LogP contribution is -2.40. The first kappa shape index (κ1) is 15.4. The Hall–Kier alpha value is -0.590. The van der Waals surface area contributed by atoms with Crippen molar-refractivity contribution in [2.75, 3.05) is 5.75 Å². The largest absolute Gasteiger partial charge is 0.389 e. The van der Waals surface area contributed by atoms with Crippen LogP contribution < -0.4 is 0 Å². The second-order valence-corrected chi connectivity index (χ2v) is 6.76. The predicted octanol–water partition coefficient (Wildman–Crippen LogP) is 2.11. The molecule has 0 aromatic heterocycles. The monoisotopic (exact) mass is 260 g/mol. The highest BCUT2D eigenvalue weighted by Gasteiger charge is 2.39. The number of alkyl halides is 3. The molecule has 0 aliphatic rings. The Kier molecular flexibility index (Phi) is 4.55. The normalized spacial score (nSPS) is 13.9. The minimum atomic E-state index is -4.37. The number of hydrogen-bond donors (Lipinski definition) is 0. The average molecular weight is 260 g/mol. The lowest BCUT2D eigenvalue weighted by Gasteiger charge is -2.21. The highest BCUT2D eigenvalue weighted by Crippen LogP contribution is 2.24. The van der Waals surface area contributed by atoms with Crippen molar-refractivity contribution in [3.63, 3.8) is 0 Å². The number of ketones is 1. The summed E-state index contributed by atoms with van der Waals surface area (Å²) in [6, 6.07) is 0. The molecule has 7 heteroatoms. The van der Waals surface area contributed by atoms with Crippen LogP contribution in [0.25, 0.3) is 0 Å². The fraction of sp³-hybridized carbons (Fsp3) is 0.889. The van der Waals surface area contributed by atoms with Crippen molar-refractivity contribution in [3.8, 4) is 0 Å². The molecule has 0 spiro atoms. The first-order chi connectivity index (χ1) is 6.90. The lowest BCUT2D eigenvalue weighted by atomic mass is 10.1. The van der Waals surface area contributed by atoms with E-state index in [1.165, 1.54) is 13.8 Å². The van der Waals surface area contributed by atoms with Crippen LogP contribution in [-0.2, 0) is 14.6 Å². The third-order valence-corrected chi connectivity index (χ3v) is 5.17. The van der Waals surface area contributed by atoms with Crippen LogP contribution >= 0.6 is 0 Å². The second-order valence-electron chi connectivity index (χ2n) is 4.10. The van der Waals surface area contributed by atoms with Gasteiger partial charge in [0.1, 0.15) is 10.5 Å². The van der Waals surface area contributed by atoms with Crippen molar-refractivity contribution in [2.24, 2.45) is 0 Å². The lowest BCUT2D eigenvalue weighted by molar-refractivity contribution is -0.134. The quantitative estimate of drug-likeness (QED) is 0.760. The van der Waals surface area contributed by atoms with E-state index in [0.717, 1.165) is 6.92 Å². The zero-order chi connectivity index (χ0) is 13.2. The van der Waals surface area contributed by atoms with Gasteiger partial charge in [0.05, 0.1) is 5.75 Å². The number of halogens is 3. The minimum absolute atomic E-state index is 0.511. The molecule has 0 amide bonds. The van der Waals surface area contributed by atoms with Gasteiger partial charge in [-0.25, -0.2) is 8.42 Å². The van der Waals surface area contributed by atoms with Gasteiger partial charge in [-0.3, -0.25) is 4.79 Å². The zero-order valence-corrected chi connectivity index (χ0v) is 10.2. The van der Waals surface area contributed by atoms with E-state index in [9.17, 15) is 26.4 Å². The van der Waals surface area contributed by atoms with Crippen LogP contribution in [-0.4, -0.2) is 30.9 Å². The van der Waals surface area contributed by atoms with E-state index in [-0.39, 0.29) is 0 Å². The van der Waals surface area contributed by atoms with Gasteiger partial charge in [0, 0.05) is 6.42 Å². The number of carbonyl (C=O) groups is 1. The summed E-state index contributed by atoms with van der Waals surface area (Å²) in [4.78, 5) is 11.1. The summed E-state index contributed by atoms with van der Waals surface area (Å²) in [6.45, 7) is 3.53. The summed E-state index contributed by atoms with van der Waals surface area (Å²) in [5.41, 5.74) is 0. The maximum Gasteiger partial charge on any atom is 0.389 e. The number of sulfone groups is 1. The number of rotatable bonds is 5. The smallest absolute Gasteiger partial charge is 0.298 e. The van der Waals surface area contributed by atoms with Gasteiger partial charge in [0.25, 0.3) is 0 Å². The Morgan fingerprint density at radius 2 is 1.62 bits per heavy atom. The van der Waals surface area contributed by atoms with Crippen molar-refractivity contribution in [3.05, 3.63) is 0 Å². The molecule has 0 heterocycles. The molecule has 0 atom stereocenters. The van der Waals surface area contributed by atoms with E-state index < -0.39 is 45.1 Å². The fourth-order valence-corrected chi connectivity index (χ4v) is 2.41. The van der Waals surface area contributed by atoms with E-state index in [4.69, 9.17) is 0 Å². The van der Waals surface area contributed by atoms with Gasteiger partial charge >= 0.3 is 6.18 Å². The first-order valence-electron chi connectivity index (χ1n) is 4.70. The van der Waals surface area contributed by atoms with E-state index >= 15 is 0 Å². The van der Waals surface area contributed by atoms with Crippen LogP contribution in [0.2, 0.25) is 0 Å². The molecule has 0 aromatic carbocycles. The third-order valence-electron chi connectivity index (χ3n) is 2.50. The molecular weight excluding hydrogens is 245 g/mol. The Bertz CT molecular complexity index is 355. The summed E-state index contributed by atoms with van der Waals surface area (Å²) in [5.74, 6) is -1.20. The molecule has 0 fully saturated rings. The summed E-state index contributed by atoms with van der Waals surface area (Å²) >= 11 is 0. The second kappa shape index (κ2) is 4.73. The molecule has 0 N–H and O–H groups in total. The molecule has 0 unspecified atom stereocenters. The van der Waals surface area contributed by atoms with Gasteiger partial charge in [0.2, 0.25) is 0 Å². The minimum Gasteiger partial charge on any atom is -0.298 e. The Labute approximate surface area is 92.9 Å². The topological polar surface area (TPSA) is 51.2 Å². The molecule has 0 saturated carbocycles. The van der Waals surface area contributed by atoms with Crippen molar-refractivity contribution in [1.29, 1.82) is 0 Å². The average Bonchev–Trinajstić information content (AvgIpc) is 2.00. The highest BCUT2D eigenvalue weighted by atomic mass is 32.2. The molecule has 16 heavy (non-hydrogen) atoms. The van der Waals surface area contributed by atoms with E-state index in [0.29, 0.717) is 0 Å². The van der Waals surface area contributed by atoms with Gasteiger partial charge in [-0.1, -0.05) is 0 Å². The molecule has 0 saturated heterocycles. The molecule has 0 aliphatic carbocycles. The Morgan fingerprint density at radius 1 is 1.19 bits per heavy atom. The van der Waals surface area contributed by atoms with Gasteiger partial charge < -0.3 is 0 Å². The molecule has 0 bridgehead atoms. The van der Waals surface area contributed by atoms with Gasteiger partial charge in [-0.15, -0.1) is 0 Å². The van der Waals surface area contributed by atoms with E-state index in [2.05, 4.69) is 0 Å². The number of hydrogen-bond acceptors (Lipinski definition) is 3. The molecule has 96 valence electrons. The van der Waals surface area contributed by atoms with Crippen LogP contribution in [0.4, 0.5) is 13.2 Å². The maximum absolute atomic E-state index is 11.8. The zero-order valence-electron chi connectivity index (χ0n) is 9.39. The van der Waals surface area contributed by atoms with Gasteiger partial charge in [-0.2, -0.15) is 13.2 Å². The summed E-state index contributed by atoms with van der Waals surface area (Å²) in [5, 5.41) is 0. The van der Waals surface area contributed by atoms with E-state index in [1.54, 1.807) is 0 Å². The first-order valence-corrected chi connectivity index (χ1v) is 6.35. The van der Waals surface area contributed by atoms with Gasteiger partial charge in [0.15, 0.2) is 9.84 Å². The fourth-order valence-electron chi connectivity index (χ4n) is 0.937. The van der Waals surface area contributed by atoms with Crippen molar-refractivity contribution in [2.45, 2.75) is 44.5 Å². The third kappa shape index (κ3) is 4.11. The van der Waals surface area contributed by atoms with Crippen molar-refractivity contribution >= 4 is 15.6 Å². The van der Waals surface area contributed by atoms with Crippen LogP contribution in [0, 0.1) is 0 Å². The van der Waals surface area contributed by atoms with Crippen LogP contribution in [0.3, 0.4) is 0 Å². The van der Waals surface area contributed by atoms with Crippen LogP contribution in [0.15, 0.2) is 0 Å². The predicted molar refractivity (Wildman–Crippen MR) is 53.8 cm³/mol. The summed E-state index contributed by atoms with van der Waals surface area (Å²) in [7, 11) is -3.83. The van der Waals surface area contributed by atoms with Crippen LogP contribution in [0.5, 0.6) is 0 Å². The number of Topliss-reactive ketones (excluding diaryl/α,β-unsaturated/α-hetero) is 1. The highest BCUT2D eigenvalue weighted by molar-refractivity contribution is 7.93. The SMILES string of the molecule is CC(=O)C(C)(C)S(=O)(=O)CCCC(F)(F)F. The number of carbonyl (C=O) groups excluding carboxylic acids is 1. The summed E-state index contributed by atoms with van der Waals surface area (Å²) < 4.78 is 57.0. The van der Waals surface area contributed by atoms with Crippen molar-refractivity contribution < 1.29 is 26.4 Å². The molecule has 0 aromatic rings. The standard InChI is InChI=1S/C9H15F3O3S/c1-7(13)8(2,3)16(14,15)6-4-5-9(10,11)12/h4-6H2,1-3H3. The van der Waals surface area contributed by atoms with Crippen LogP contribution in [0.1, 0.15) is 33.6 Å². The van der Waals surface area contributed by atoms with Gasteiger partial charge in [-0.05, 0) is 27.2 Å². The molecule has 3 nitrogen and oxygen atoms in total. The molecule has 0 radical (unpaired) electrons. The van der Waals surface area contributed by atoms with Crippen molar-refractivity contribution in [1.82, 2.24) is 0 Å². The summed E-state index contributed by atoms with van der Waals surface area (Å²) in [6.07, 6.45) is -6.03. The Balaban J connectivity index is 4.56. The Morgan fingerprint density at radius 3 is 1.94 bits per heavy atom. The van der Waals surface area contributed by atoms with E-state index in [1.807, 2.05) is 0 Å². The molecule has 0 rings (SSSR count). The maximum atomic E-state index is 11.8. The molecule has 0 aliphatic heterocycles.